The molecule has 0 fully saturated rings. The van der Waals surface area contributed by atoms with Crippen LogP contribution in [0.25, 0.3) is 22.3 Å². The van der Waals surface area contributed by atoms with Gasteiger partial charge in [-0.25, -0.2) is 9.97 Å². The van der Waals surface area contributed by atoms with Gasteiger partial charge in [0.05, 0.1) is 18.8 Å². The molecule has 0 atom stereocenters. The van der Waals surface area contributed by atoms with E-state index in [2.05, 4.69) is 25.5 Å². The number of methoxy groups -OCH3 is 1. The highest BCUT2D eigenvalue weighted by molar-refractivity contribution is 5.91. The average Bonchev–Trinajstić information content (AvgIpc) is 2.75. The fraction of sp³-hybridized carbons (Fsp3) is 0.0476. The van der Waals surface area contributed by atoms with Crippen LogP contribution < -0.4 is 10.2 Å². The van der Waals surface area contributed by atoms with Gasteiger partial charge in [0, 0.05) is 23.3 Å². The Morgan fingerprint density at radius 2 is 1.86 bits per heavy atom. The summed E-state index contributed by atoms with van der Waals surface area (Å²) in [6.45, 7) is 0. The number of fused-ring (bicyclic) bond motifs is 1. The maximum atomic E-state index is 9.69. The standard InChI is InChI=1S/C21H17N5O2/c1-28-19-12-14(6-7-18(19)27)13-23-26-21-16-4-2-3-5-17(16)24-20(25-21)15-8-10-22-11-9-15/h2-13,27H,1H3,(H,24,25,26)/b23-13-. The van der Waals surface area contributed by atoms with Crippen molar-refractivity contribution in [3.63, 3.8) is 0 Å². The molecule has 4 aromatic rings. The van der Waals surface area contributed by atoms with E-state index < -0.39 is 0 Å². The van der Waals surface area contributed by atoms with Crippen molar-refractivity contribution >= 4 is 22.9 Å². The number of hydrogen-bond acceptors (Lipinski definition) is 7. The van der Waals surface area contributed by atoms with Crippen molar-refractivity contribution in [3.8, 4) is 22.9 Å². The third-order valence-corrected chi connectivity index (χ3v) is 4.13. The number of phenols is 1. The molecule has 4 rings (SSSR count). The van der Waals surface area contributed by atoms with Gasteiger partial charge in [-0.3, -0.25) is 10.4 Å². The molecule has 0 bridgehead atoms. The minimum absolute atomic E-state index is 0.0800. The largest absolute Gasteiger partial charge is 0.504 e. The lowest BCUT2D eigenvalue weighted by molar-refractivity contribution is 0.373. The first-order valence-electron chi connectivity index (χ1n) is 8.58. The summed E-state index contributed by atoms with van der Waals surface area (Å²) in [5, 5.41) is 14.8. The molecular weight excluding hydrogens is 354 g/mol. The summed E-state index contributed by atoms with van der Waals surface area (Å²) in [6, 6.07) is 16.4. The van der Waals surface area contributed by atoms with Crippen molar-refractivity contribution in [2.45, 2.75) is 0 Å². The SMILES string of the molecule is COc1cc(/C=N\Nc2nc(-c3ccncc3)nc3ccccc23)ccc1O. The molecule has 0 unspecified atom stereocenters. The van der Waals surface area contributed by atoms with Crippen LogP contribution in [0.1, 0.15) is 5.56 Å². The minimum atomic E-state index is 0.0800. The Labute approximate surface area is 161 Å². The molecule has 0 aliphatic rings. The second-order valence-electron chi connectivity index (χ2n) is 5.95. The van der Waals surface area contributed by atoms with Crippen molar-refractivity contribution in [1.82, 2.24) is 15.0 Å². The van der Waals surface area contributed by atoms with E-state index in [-0.39, 0.29) is 5.75 Å². The van der Waals surface area contributed by atoms with E-state index in [0.717, 1.165) is 22.0 Å². The maximum Gasteiger partial charge on any atom is 0.162 e. The van der Waals surface area contributed by atoms with E-state index >= 15 is 0 Å². The van der Waals surface area contributed by atoms with Gasteiger partial charge in [-0.1, -0.05) is 12.1 Å². The highest BCUT2D eigenvalue weighted by Gasteiger charge is 2.08. The number of ether oxygens (including phenoxy) is 1. The molecule has 0 saturated heterocycles. The van der Waals surface area contributed by atoms with Gasteiger partial charge in [0.2, 0.25) is 0 Å². The summed E-state index contributed by atoms with van der Waals surface area (Å²) in [7, 11) is 1.50. The number of aromatic hydroxyl groups is 1. The van der Waals surface area contributed by atoms with Gasteiger partial charge in [0.15, 0.2) is 23.1 Å². The number of benzene rings is 2. The topological polar surface area (TPSA) is 92.5 Å². The van der Waals surface area contributed by atoms with E-state index in [4.69, 9.17) is 4.74 Å². The quantitative estimate of drug-likeness (QED) is 0.409. The Morgan fingerprint density at radius 1 is 1.04 bits per heavy atom. The summed E-state index contributed by atoms with van der Waals surface area (Å²) in [5.74, 6) is 1.65. The predicted molar refractivity (Wildman–Crippen MR) is 109 cm³/mol. The van der Waals surface area contributed by atoms with Crippen molar-refractivity contribution < 1.29 is 9.84 Å². The van der Waals surface area contributed by atoms with Crippen LogP contribution in [-0.2, 0) is 0 Å². The summed E-state index contributed by atoms with van der Waals surface area (Å²) in [5.41, 5.74) is 5.46. The molecule has 0 amide bonds. The van der Waals surface area contributed by atoms with E-state index in [1.807, 2.05) is 36.4 Å². The molecule has 0 aliphatic heterocycles. The molecule has 2 heterocycles. The molecular formula is C21H17N5O2. The van der Waals surface area contributed by atoms with Gasteiger partial charge in [-0.15, -0.1) is 0 Å². The number of hydrogen-bond donors (Lipinski definition) is 2. The first-order chi connectivity index (χ1) is 13.7. The zero-order chi connectivity index (χ0) is 19.3. The van der Waals surface area contributed by atoms with Gasteiger partial charge in [0.1, 0.15) is 0 Å². The second-order valence-corrected chi connectivity index (χ2v) is 5.95. The van der Waals surface area contributed by atoms with Crippen LogP contribution in [0.2, 0.25) is 0 Å². The van der Waals surface area contributed by atoms with Crippen molar-refractivity contribution in [1.29, 1.82) is 0 Å². The van der Waals surface area contributed by atoms with E-state index in [9.17, 15) is 5.11 Å². The van der Waals surface area contributed by atoms with Crippen LogP contribution in [0.5, 0.6) is 11.5 Å². The molecule has 28 heavy (non-hydrogen) atoms. The number of nitrogens with zero attached hydrogens (tertiary/aromatic N) is 4. The maximum absolute atomic E-state index is 9.69. The fourth-order valence-electron chi connectivity index (χ4n) is 2.73. The van der Waals surface area contributed by atoms with E-state index in [0.29, 0.717) is 17.4 Å². The van der Waals surface area contributed by atoms with Crippen LogP contribution in [0.15, 0.2) is 72.1 Å². The third kappa shape index (κ3) is 3.59. The molecule has 7 heteroatoms. The highest BCUT2D eigenvalue weighted by Crippen LogP contribution is 2.26. The Bertz CT molecular complexity index is 1150. The molecule has 138 valence electrons. The lowest BCUT2D eigenvalue weighted by Gasteiger charge is -2.08. The van der Waals surface area contributed by atoms with Gasteiger partial charge < -0.3 is 9.84 Å². The Hall–Kier alpha value is -4.00. The minimum Gasteiger partial charge on any atom is -0.504 e. The van der Waals surface area contributed by atoms with Crippen molar-refractivity contribution in [2.24, 2.45) is 5.10 Å². The Morgan fingerprint density at radius 3 is 2.68 bits per heavy atom. The number of anilines is 1. The van der Waals surface area contributed by atoms with Crippen LogP contribution in [0, 0.1) is 0 Å². The number of nitrogens with one attached hydrogen (secondary N) is 1. The smallest absolute Gasteiger partial charge is 0.162 e. The summed E-state index contributed by atoms with van der Waals surface area (Å²) < 4.78 is 5.11. The highest BCUT2D eigenvalue weighted by atomic mass is 16.5. The lowest BCUT2D eigenvalue weighted by atomic mass is 10.2. The Kier molecular flexibility index (Phi) is 4.79. The molecule has 7 nitrogen and oxygen atoms in total. The van der Waals surface area contributed by atoms with Crippen LogP contribution >= 0.6 is 0 Å². The zero-order valence-electron chi connectivity index (χ0n) is 15.1. The molecule has 2 aromatic carbocycles. The zero-order valence-corrected chi connectivity index (χ0v) is 15.1. The molecule has 2 N–H and O–H groups in total. The van der Waals surface area contributed by atoms with E-state index in [1.165, 1.54) is 7.11 Å². The number of aromatic nitrogens is 3. The van der Waals surface area contributed by atoms with Gasteiger partial charge in [-0.2, -0.15) is 5.10 Å². The molecule has 0 aliphatic carbocycles. The monoisotopic (exact) mass is 371 g/mol. The van der Waals surface area contributed by atoms with Crippen molar-refractivity contribution in [3.05, 3.63) is 72.6 Å². The van der Waals surface area contributed by atoms with Crippen molar-refractivity contribution in [2.75, 3.05) is 12.5 Å². The Balaban J connectivity index is 1.68. The first-order valence-corrected chi connectivity index (χ1v) is 8.58. The number of phenolic OH excluding ortho intramolecular Hbond substituents is 1. The number of pyridine rings is 1. The first kappa shape index (κ1) is 17.4. The number of rotatable bonds is 5. The third-order valence-electron chi connectivity index (χ3n) is 4.13. The lowest BCUT2D eigenvalue weighted by Crippen LogP contribution is -1.99. The van der Waals surface area contributed by atoms with Gasteiger partial charge >= 0.3 is 0 Å². The fourth-order valence-corrected chi connectivity index (χ4v) is 2.73. The average molecular weight is 371 g/mol. The molecule has 0 radical (unpaired) electrons. The van der Waals surface area contributed by atoms with Gasteiger partial charge in [0.25, 0.3) is 0 Å². The number of hydrazone groups is 1. The van der Waals surface area contributed by atoms with Crippen LogP contribution in [0.4, 0.5) is 5.82 Å². The van der Waals surface area contributed by atoms with E-state index in [1.54, 1.807) is 36.8 Å². The van der Waals surface area contributed by atoms with Gasteiger partial charge in [-0.05, 0) is 48.0 Å². The number of para-hydroxylation sites is 1. The normalized spacial score (nSPS) is 11.0. The predicted octanol–water partition coefficient (Wildman–Crippen LogP) is 3.85. The molecule has 0 saturated carbocycles. The molecule has 2 aromatic heterocycles. The van der Waals surface area contributed by atoms with Crippen LogP contribution in [0.3, 0.4) is 0 Å². The second kappa shape index (κ2) is 7.71. The van der Waals surface area contributed by atoms with Crippen LogP contribution in [-0.4, -0.2) is 33.4 Å². The summed E-state index contributed by atoms with van der Waals surface area (Å²) >= 11 is 0. The summed E-state index contributed by atoms with van der Waals surface area (Å²) in [6.07, 6.45) is 5.04. The molecule has 0 spiro atoms. The summed E-state index contributed by atoms with van der Waals surface area (Å²) in [4.78, 5) is 13.3.